The van der Waals surface area contributed by atoms with Crippen LogP contribution in [-0.2, 0) is 0 Å². The Balaban J connectivity index is 1.98. The van der Waals surface area contributed by atoms with Gasteiger partial charge in [-0.1, -0.05) is 0 Å². The Bertz CT molecular complexity index is 432. The molecular formula is C17H19Sn. The van der Waals surface area contributed by atoms with Gasteiger partial charge in [-0.05, 0) is 0 Å². The van der Waals surface area contributed by atoms with Gasteiger partial charge in [0.2, 0.25) is 0 Å². The summed E-state index contributed by atoms with van der Waals surface area (Å²) in [7, 11) is 0. The predicted molar refractivity (Wildman–Crippen MR) is 80.1 cm³/mol. The minimum absolute atomic E-state index is 1.03. The molecule has 2 aromatic rings. The van der Waals surface area contributed by atoms with Crippen molar-refractivity contribution < 1.29 is 0 Å². The quantitative estimate of drug-likeness (QED) is 0.752. The summed E-state index contributed by atoms with van der Waals surface area (Å²) >= 11 is -1.67. The molecule has 91 valence electrons. The molecule has 0 atom stereocenters. The molecule has 0 aliphatic heterocycles. The molecule has 0 heterocycles. The van der Waals surface area contributed by atoms with Crippen LogP contribution in [0.4, 0.5) is 0 Å². The van der Waals surface area contributed by atoms with Crippen LogP contribution in [0.25, 0.3) is 0 Å². The monoisotopic (exact) mass is 343 g/mol. The van der Waals surface area contributed by atoms with E-state index < -0.39 is 19.8 Å². The van der Waals surface area contributed by atoms with Crippen molar-refractivity contribution in [2.75, 3.05) is 0 Å². The molecule has 0 bridgehead atoms. The average Bonchev–Trinajstić information content (AvgIpc) is 2.95. The fourth-order valence-electron chi connectivity index (χ4n) is 3.09. The van der Waals surface area contributed by atoms with E-state index >= 15 is 0 Å². The first-order chi connectivity index (χ1) is 8.95. The Morgan fingerprint density at radius 1 is 0.667 bits per heavy atom. The molecule has 0 aromatic heterocycles. The molecule has 1 saturated carbocycles. The molecule has 1 aliphatic carbocycles. The van der Waals surface area contributed by atoms with E-state index in [9.17, 15) is 0 Å². The van der Waals surface area contributed by atoms with Gasteiger partial charge in [-0.15, -0.1) is 0 Å². The molecule has 1 heteroatoms. The van der Waals surface area contributed by atoms with Crippen molar-refractivity contribution in [1.29, 1.82) is 0 Å². The topological polar surface area (TPSA) is 0 Å². The van der Waals surface area contributed by atoms with Gasteiger partial charge in [0.15, 0.2) is 0 Å². The van der Waals surface area contributed by atoms with Crippen LogP contribution in [0.15, 0.2) is 60.7 Å². The summed E-state index contributed by atoms with van der Waals surface area (Å²) in [5.41, 5.74) is 0. The third kappa shape index (κ3) is 2.64. The van der Waals surface area contributed by atoms with Crippen LogP contribution in [0.1, 0.15) is 25.7 Å². The molecule has 0 spiro atoms. The SMILES string of the molecule is c1cc[c]([Sn]([c]2ccccc2)[CH]2CCCC2)cc1. The number of benzene rings is 2. The van der Waals surface area contributed by atoms with Gasteiger partial charge in [0.25, 0.3) is 0 Å². The fraction of sp³-hybridized carbons (Fsp3) is 0.294. The Kier molecular flexibility index (Phi) is 4.04. The van der Waals surface area contributed by atoms with Gasteiger partial charge in [-0.2, -0.15) is 0 Å². The molecule has 0 amide bonds. The Morgan fingerprint density at radius 3 is 1.56 bits per heavy atom. The van der Waals surface area contributed by atoms with Crippen LogP contribution in [0.2, 0.25) is 3.93 Å². The molecule has 0 saturated heterocycles. The zero-order valence-electron chi connectivity index (χ0n) is 10.7. The van der Waals surface area contributed by atoms with E-state index in [4.69, 9.17) is 0 Å². The Labute approximate surface area is 117 Å². The summed E-state index contributed by atoms with van der Waals surface area (Å²) in [6, 6.07) is 22.7. The van der Waals surface area contributed by atoms with Gasteiger partial charge in [-0.3, -0.25) is 0 Å². The van der Waals surface area contributed by atoms with Crippen molar-refractivity contribution >= 4 is 26.9 Å². The van der Waals surface area contributed by atoms with E-state index in [1.807, 2.05) is 0 Å². The fourth-order valence-corrected chi connectivity index (χ4v) is 12.7. The summed E-state index contributed by atoms with van der Waals surface area (Å²) < 4.78 is 4.38. The molecule has 2 aromatic carbocycles. The van der Waals surface area contributed by atoms with Gasteiger partial charge in [0.1, 0.15) is 0 Å². The second-order valence-corrected chi connectivity index (χ2v) is 13.1. The van der Waals surface area contributed by atoms with Gasteiger partial charge in [0, 0.05) is 0 Å². The summed E-state index contributed by atoms with van der Waals surface area (Å²) in [5.74, 6) is 0. The molecule has 1 radical (unpaired) electrons. The predicted octanol–water partition coefficient (Wildman–Crippen LogP) is 3.24. The summed E-state index contributed by atoms with van der Waals surface area (Å²) in [6.45, 7) is 0. The van der Waals surface area contributed by atoms with Gasteiger partial charge in [0.05, 0.1) is 0 Å². The average molecular weight is 342 g/mol. The van der Waals surface area contributed by atoms with E-state index in [-0.39, 0.29) is 0 Å². The van der Waals surface area contributed by atoms with Crippen LogP contribution < -0.4 is 7.16 Å². The third-order valence-corrected chi connectivity index (χ3v) is 13.4. The molecular weight excluding hydrogens is 323 g/mol. The number of hydrogen-bond acceptors (Lipinski definition) is 0. The maximum absolute atomic E-state index is 2.38. The van der Waals surface area contributed by atoms with Gasteiger partial charge in [-0.25, -0.2) is 0 Å². The number of hydrogen-bond donors (Lipinski definition) is 0. The molecule has 1 aliphatic rings. The summed E-state index contributed by atoms with van der Waals surface area (Å²) in [6.07, 6.45) is 5.85. The van der Waals surface area contributed by atoms with Crippen LogP contribution in [0.3, 0.4) is 0 Å². The molecule has 3 rings (SSSR count). The molecule has 0 unspecified atom stereocenters. The van der Waals surface area contributed by atoms with E-state index in [1.165, 1.54) is 25.7 Å². The van der Waals surface area contributed by atoms with Crippen molar-refractivity contribution in [1.82, 2.24) is 0 Å². The molecule has 1 fully saturated rings. The van der Waals surface area contributed by atoms with Gasteiger partial charge < -0.3 is 0 Å². The first kappa shape index (κ1) is 12.3. The Hall–Kier alpha value is -0.761. The van der Waals surface area contributed by atoms with E-state index in [1.54, 1.807) is 7.16 Å². The van der Waals surface area contributed by atoms with Crippen molar-refractivity contribution in [2.24, 2.45) is 0 Å². The van der Waals surface area contributed by atoms with Crippen molar-refractivity contribution in [3.8, 4) is 0 Å². The zero-order chi connectivity index (χ0) is 12.2. The van der Waals surface area contributed by atoms with E-state index in [0.29, 0.717) is 0 Å². The summed E-state index contributed by atoms with van der Waals surface area (Å²) in [4.78, 5) is 0. The first-order valence-electron chi connectivity index (χ1n) is 6.93. The number of rotatable bonds is 3. The van der Waals surface area contributed by atoms with E-state index in [0.717, 1.165) is 3.93 Å². The van der Waals surface area contributed by atoms with Crippen LogP contribution >= 0.6 is 0 Å². The second kappa shape index (κ2) is 5.92. The molecule has 18 heavy (non-hydrogen) atoms. The van der Waals surface area contributed by atoms with Crippen LogP contribution in [0, 0.1) is 0 Å². The van der Waals surface area contributed by atoms with Gasteiger partial charge >= 0.3 is 117 Å². The standard InChI is InChI=1S/2C6H5.C5H9.Sn/c2*1-2-4-6-5-3-1;1-2-4-5-3-1;/h2*1-5H;1H,2-5H2;. The normalized spacial score (nSPS) is 16.3. The van der Waals surface area contributed by atoms with Crippen molar-refractivity contribution in [3.05, 3.63) is 60.7 Å². The Morgan fingerprint density at radius 2 is 1.11 bits per heavy atom. The maximum atomic E-state index is 2.38. The minimum atomic E-state index is -1.67. The first-order valence-corrected chi connectivity index (χ1v) is 11.4. The zero-order valence-corrected chi connectivity index (χ0v) is 13.5. The van der Waals surface area contributed by atoms with Crippen LogP contribution in [0.5, 0.6) is 0 Å². The summed E-state index contributed by atoms with van der Waals surface area (Å²) in [5, 5.41) is 0. The third-order valence-electron chi connectivity index (χ3n) is 3.93. The molecule has 0 nitrogen and oxygen atoms in total. The van der Waals surface area contributed by atoms with Crippen molar-refractivity contribution in [2.45, 2.75) is 29.6 Å². The second-order valence-electron chi connectivity index (χ2n) is 5.13. The van der Waals surface area contributed by atoms with Crippen LogP contribution in [-0.4, -0.2) is 19.8 Å². The van der Waals surface area contributed by atoms with Crippen molar-refractivity contribution in [3.63, 3.8) is 0 Å². The van der Waals surface area contributed by atoms with E-state index in [2.05, 4.69) is 60.7 Å². The molecule has 0 N–H and O–H groups in total.